The third kappa shape index (κ3) is 3.89. The van der Waals surface area contributed by atoms with E-state index in [0.717, 1.165) is 12.8 Å². The van der Waals surface area contributed by atoms with E-state index in [1.807, 2.05) is 11.9 Å². The molecule has 0 bridgehead atoms. The van der Waals surface area contributed by atoms with Gasteiger partial charge in [-0.05, 0) is 71.7 Å². The van der Waals surface area contributed by atoms with Gasteiger partial charge in [-0.2, -0.15) is 0 Å². The van der Waals surface area contributed by atoms with Crippen LogP contribution in [0.1, 0.15) is 42.9 Å². The van der Waals surface area contributed by atoms with Gasteiger partial charge in [0, 0.05) is 35.2 Å². The van der Waals surface area contributed by atoms with E-state index in [4.69, 9.17) is 5.73 Å². The molecule has 0 spiro atoms. The molecule has 10 nitrogen and oxygen atoms in total. The minimum Gasteiger partial charge on any atom is -0.508 e. The molecule has 5 rings (SSSR count). The molecule has 11 heteroatoms. The Bertz CT molecular complexity index is 1370. The number of hydrogen-bond acceptors (Lipinski definition) is 9. The van der Waals surface area contributed by atoms with Crippen LogP contribution in [-0.2, 0) is 27.3 Å². The van der Waals surface area contributed by atoms with E-state index >= 15 is 4.39 Å². The number of benzene rings is 1. The van der Waals surface area contributed by atoms with Crippen LogP contribution in [0.3, 0.4) is 0 Å². The number of fused-ring (bicyclic) bond motifs is 3. The minimum absolute atomic E-state index is 0.0445. The number of likely N-dealkylation sites (N-methyl/N-ethyl adjacent to an activating group) is 1. The Hall–Kier alpha value is -3.28. The van der Waals surface area contributed by atoms with Crippen LogP contribution in [0.4, 0.5) is 4.39 Å². The van der Waals surface area contributed by atoms with Gasteiger partial charge in [0.1, 0.15) is 28.7 Å². The Morgan fingerprint density at radius 1 is 1.21 bits per heavy atom. The predicted octanol–water partition coefficient (Wildman–Crippen LogP) is 1.33. The van der Waals surface area contributed by atoms with Gasteiger partial charge >= 0.3 is 0 Å². The summed E-state index contributed by atoms with van der Waals surface area (Å²) in [7, 11) is 4.93. The van der Waals surface area contributed by atoms with Crippen molar-refractivity contribution < 1.29 is 39.2 Å². The van der Waals surface area contributed by atoms with Gasteiger partial charge in [-0.3, -0.25) is 24.2 Å². The van der Waals surface area contributed by atoms with E-state index in [-0.39, 0.29) is 47.7 Å². The molecule has 2 saturated carbocycles. The smallest absolute Gasteiger partial charge is 0.255 e. The van der Waals surface area contributed by atoms with E-state index in [0.29, 0.717) is 5.92 Å². The van der Waals surface area contributed by atoms with E-state index < -0.39 is 69.6 Å². The normalized spacial score (nSPS) is 29.5. The number of phenolic OH excluding ortho intramolecular Hbond substituents is 1. The number of primary amides is 1. The standard InChI is InChI=1S/C28H34FN3O7/c1-11(12-5-6-12)32(4)10-14-9-17(33)19-15(21(14)29)7-13-8-16-22(31(2)3)24(35)20(27(30)38)26(37)28(16,39)25(36)18(13)23(19)34/h9,11-13,16,22,33-34,37,39H,5-8,10H2,1-4H3,(H2,30,38)/t11-,13+,16+,22+,28+/m1/s1. The lowest BCUT2D eigenvalue weighted by Gasteiger charge is -2.50. The van der Waals surface area contributed by atoms with Crippen molar-refractivity contribution in [3.63, 3.8) is 0 Å². The van der Waals surface area contributed by atoms with Crippen LogP contribution in [0.15, 0.2) is 23.0 Å². The van der Waals surface area contributed by atoms with Gasteiger partial charge < -0.3 is 26.2 Å². The average Bonchev–Trinajstić information content (AvgIpc) is 3.69. The molecule has 0 unspecified atom stereocenters. The molecule has 39 heavy (non-hydrogen) atoms. The number of aliphatic hydroxyl groups is 3. The van der Waals surface area contributed by atoms with Crippen molar-refractivity contribution in [1.82, 2.24) is 9.80 Å². The fourth-order valence-electron chi connectivity index (χ4n) is 6.81. The Labute approximate surface area is 225 Å². The monoisotopic (exact) mass is 543 g/mol. The SMILES string of the molecule is C[C@H](C1CC1)N(C)Cc1cc(O)c2c(c1F)C[C@H]1C[C@H]3[C@H](N(C)C)C(=O)C(C(N)=O)=C(O)[C@@]3(O)C(=O)C1=C2O. The van der Waals surface area contributed by atoms with Gasteiger partial charge in [-0.1, -0.05) is 0 Å². The van der Waals surface area contributed by atoms with Gasteiger partial charge in [-0.25, -0.2) is 4.39 Å². The molecular formula is C28H34FN3O7. The van der Waals surface area contributed by atoms with Crippen molar-refractivity contribution in [3.8, 4) is 5.75 Å². The first-order chi connectivity index (χ1) is 18.2. The first-order valence-corrected chi connectivity index (χ1v) is 13.1. The molecule has 4 aliphatic rings. The number of Topliss-reactive ketones (excluding diaryl/α,β-unsaturated/α-hetero) is 2. The second-order valence-corrected chi connectivity index (χ2v) is 11.7. The maximum atomic E-state index is 15.9. The molecule has 6 N–H and O–H groups in total. The number of hydrogen-bond donors (Lipinski definition) is 5. The number of aliphatic hydroxyl groups excluding tert-OH is 2. The predicted molar refractivity (Wildman–Crippen MR) is 138 cm³/mol. The topological polar surface area (TPSA) is 165 Å². The highest BCUT2D eigenvalue weighted by atomic mass is 19.1. The zero-order valence-corrected chi connectivity index (χ0v) is 22.4. The summed E-state index contributed by atoms with van der Waals surface area (Å²) in [4.78, 5) is 42.5. The molecule has 210 valence electrons. The van der Waals surface area contributed by atoms with E-state index in [1.165, 1.54) is 25.1 Å². The number of halogens is 1. The highest BCUT2D eigenvalue weighted by Crippen LogP contribution is 2.53. The van der Waals surface area contributed by atoms with Crippen LogP contribution < -0.4 is 5.73 Å². The number of rotatable bonds is 6. The first kappa shape index (κ1) is 27.3. The van der Waals surface area contributed by atoms with Gasteiger partial charge in [0.05, 0.1) is 11.6 Å². The van der Waals surface area contributed by atoms with Crippen LogP contribution in [0.5, 0.6) is 5.75 Å². The summed E-state index contributed by atoms with van der Waals surface area (Å²) < 4.78 is 15.9. The van der Waals surface area contributed by atoms with E-state index in [1.54, 1.807) is 0 Å². The minimum atomic E-state index is -2.72. The van der Waals surface area contributed by atoms with Crippen LogP contribution in [0, 0.1) is 23.6 Å². The number of carbonyl (C=O) groups excluding carboxylic acids is 3. The molecule has 1 aromatic rings. The molecule has 0 aliphatic heterocycles. The maximum absolute atomic E-state index is 15.9. The average molecular weight is 544 g/mol. The Balaban J connectivity index is 1.62. The summed E-state index contributed by atoms with van der Waals surface area (Å²) in [6.07, 6.45) is 2.07. The van der Waals surface area contributed by atoms with Crippen molar-refractivity contribution in [2.24, 2.45) is 23.5 Å². The Kier molecular flexibility index (Phi) is 6.40. The summed E-state index contributed by atoms with van der Waals surface area (Å²) in [5.74, 6) is -7.60. The second kappa shape index (κ2) is 9.14. The number of carbonyl (C=O) groups is 3. The van der Waals surface area contributed by atoms with Gasteiger partial charge in [0.15, 0.2) is 11.4 Å². The molecular weight excluding hydrogens is 509 g/mol. The lowest BCUT2D eigenvalue weighted by atomic mass is 9.57. The highest BCUT2D eigenvalue weighted by Gasteiger charge is 2.64. The molecule has 0 aromatic heterocycles. The lowest BCUT2D eigenvalue weighted by molar-refractivity contribution is -0.153. The van der Waals surface area contributed by atoms with Crippen LogP contribution in [0.25, 0.3) is 5.76 Å². The molecule has 0 saturated heterocycles. The van der Waals surface area contributed by atoms with Crippen LogP contribution in [0.2, 0.25) is 0 Å². The molecule has 4 aliphatic carbocycles. The van der Waals surface area contributed by atoms with Crippen molar-refractivity contribution in [2.45, 2.75) is 56.8 Å². The summed E-state index contributed by atoms with van der Waals surface area (Å²) in [5.41, 5.74) is 1.48. The molecule has 1 aromatic carbocycles. The largest absolute Gasteiger partial charge is 0.508 e. The zero-order chi connectivity index (χ0) is 28.7. The van der Waals surface area contributed by atoms with Gasteiger partial charge in [0.2, 0.25) is 5.78 Å². The molecule has 5 atom stereocenters. The number of phenols is 1. The Morgan fingerprint density at radius 2 is 1.85 bits per heavy atom. The number of amides is 1. The number of ketones is 2. The fraction of sp³-hybridized carbons (Fsp3) is 0.536. The summed E-state index contributed by atoms with van der Waals surface area (Å²) >= 11 is 0. The second-order valence-electron chi connectivity index (χ2n) is 11.7. The first-order valence-electron chi connectivity index (χ1n) is 13.1. The third-order valence-electron chi connectivity index (χ3n) is 9.15. The van der Waals surface area contributed by atoms with Crippen molar-refractivity contribution >= 4 is 23.2 Å². The highest BCUT2D eigenvalue weighted by molar-refractivity contribution is 6.24. The number of nitrogens with zero attached hydrogens (tertiary/aromatic N) is 2. The summed E-state index contributed by atoms with van der Waals surface area (Å²) in [5, 5.41) is 44.6. The maximum Gasteiger partial charge on any atom is 0.255 e. The van der Waals surface area contributed by atoms with Gasteiger partial charge in [0.25, 0.3) is 5.91 Å². The summed E-state index contributed by atoms with van der Waals surface area (Å²) in [6.45, 7) is 2.31. The molecule has 0 radical (unpaired) electrons. The van der Waals surface area contributed by atoms with Crippen LogP contribution >= 0.6 is 0 Å². The Morgan fingerprint density at radius 3 is 2.41 bits per heavy atom. The molecule has 2 fully saturated rings. The fourth-order valence-corrected chi connectivity index (χ4v) is 6.81. The molecule has 1 amide bonds. The van der Waals surface area contributed by atoms with E-state index in [2.05, 4.69) is 6.92 Å². The summed E-state index contributed by atoms with van der Waals surface area (Å²) in [6, 6.07) is 0.273. The molecule has 0 heterocycles. The lowest BCUT2D eigenvalue weighted by Crippen LogP contribution is -2.65. The van der Waals surface area contributed by atoms with Gasteiger partial charge in [-0.15, -0.1) is 0 Å². The van der Waals surface area contributed by atoms with Crippen molar-refractivity contribution in [1.29, 1.82) is 0 Å². The number of nitrogens with two attached hydrogens (primary N) is 1. The zero-order valence-electron chi connectivity index (χ0n) is 22.4. The quantitative estimate of drug-likeness (QED) is 0.333. The third-order valence-corrected chi connectivity index (χ3v) is 9.15. The van der Waals surface area contributed by atoms with Crippen molar-refractivity contribution in [3.05, 3.63) is 45.5 Å². The van der Waals surface area contributed by atoms with Crippen molar-refractivity contribution in [2.75, 3.05) is 21.1 Å². The van der Waals surface area contributed by atoms with Crippen LogP contribution in [-0.4, -0.2) is 86.5 Å². The van der Waals surface area contributed by atoms with E-state index in [9.17, 15) is 34.8 Å². The number of aromatic hydroxyl groups is 1.